The van der Waals surface area contributed by atoms with E-state index in [-0.39, 0.29) is 5.91 Å². The molecule has 0 atom stereocenters. The fourth-order valence-corrected chi connectivity index (χ4v) is 2.83. The summed E-state index contributed by atoms with van der Waals surface area (Å²) < 4.78 is 5.26. The molecule has 0 aliphatic rings. The maximum atomic E-state index is 12.7. The van der Waals surface area contributed by atoms with E-state index >= 15 is 0 Å². The molecule has 4 rings (SSSR count). The Balaban J connectivity index is 1.58. The van der Waals surface area contributed by atoms with Crippen molar-refractivity contribution in [3.05, 3.63) is 102 Å². The van der Waals surface area contributed by atoms with Crippen molar-refractivity contribution in [2.75, 3.05) is 5.32 Å². The van der Waals surface area contributed by atoms with E-state index < -0.39 is 0 Å². The molecule has 2 heterocycles. The Morgan fingerprint density at radius 3 is 2.34 bits per heavy atom. The van der Waals surface area contributed by atoms with Crippen LogP contribution in [0.25, 0.3) is 11.4 Å². The number of hydrogen-bond donors (Lipinski definition) is 2. The summed E-state index contributed by atoms with van der Waals surface area (Å²) in [5.41, 5.74) is 2.26. The van der Waals surface area contributed by atoms with Crippen molar-refractivity contribution in [1.82, 2.24) is 15.3 Å². The lowest BCUT2D eigenvalue weighted by atomic mass is 10.2. The van der Waals surface area contributed by atoms with Crippen LogP contribution in [0.4, 0.5) is 5.82 Å². The van der Waals surface area contributed by atoms with Crippen LogP contribution < -0.4 is 10.6 Å². The number of furan rings is 1. The molecular formula is C23H20N4O2. The molecule has 6 nitrogen and oxygen atoms in total. The summed E-state index contributed by atoms with van der Waals surface area (Å²) in [4.78, 5) is 21.7. The highest BCUT2D eigenvalue weighted by Gasteiger charge is 2.13. The Labute approximate surface area is 168 Å². The molecule has 0 unspecified atom stereocenters. The number of benzene rings is 2. The van der Waals surface area contributed by atoms with Gasteiger partial charge in [-0.1, -0.05) is 60.7 Å². The summed E-state index contributed by atoms with van der Waals surface area (Å²) >= 11 is 0. The second-order valence-corrected chi connectivity index (χ2v) is 6.43. The molecule has 0 bridgehead atoms. The minimum atomic E-state index is -0.288. The van der Waals surface area contributed by atoms with Gasteiger partial charge in [-0.05, 0) is 17.7 Å². The summed E-state index contributed by atoms with van der Waals surface area (Å²) in [7, 11) is 0. The largest absolute Gasteiger partial charge is 0.467 e. The molecule has 2 N–H and O–H groups in total. The number of amides is 1. The molecule has 0 saturated carbocycles. The standard InChI is InChI=1S/C23H20N4O2/c28-23(25-16-19-12-7-13-29-19)20-14-21(24-15-17-8-3-1-4-9-17)27-22(26-20)18-10-5-2-6-11-18/h1-14H,15-16H2,(H,25,28)(H,24,26,27). The Morgan fingerprint density at radius 1 is 0.862 bits per heavy atom. The van der Waals surface area contributed by atoms with Gasteiger partial charge in [0.1, 0.15) is 17.3 Å². The van der Waals surface area contributed by atoms with Crippen molar-refractivity contribution < 1.29 is 9.21 Å². The van der Waals surface area contributed by atoms with Crippen LogP contribution >= 0.6 is 0 Å². The van der Waals surface area contributed by atoms with Gasteiger partial charge in [0.2, 0.25) is 0 Å². The molecule has 0 radical (unpaired) electrons. The van der Waals surface area contributed by atoms with Gasteiger partial charge in [0, 0.05) is 18.2 Å². The van der Waals surface area contributed by atoms with E-state index in [2.05, 4.69) is 20.6 Å². The topological polar surface area (TPSA) is 80.0 Å². The summed E-state index contributed by atoms with van der Waals surface area (Å²) in [5.74, 6) is 1.47. The predicted molar refractivity (Wildman–Crippen MR) is 111 cm³/mol. The van der Waals surface area contributed by atoms with Crippen molar-refractivity contribution in [2.24, 2.45) is 0 Å². The predicted octanol–water partition coefficient (Wildman–Crippen LogP) is 4.28. The van der Waals surface area contributed by atoms with Crippen molar-refractivity contribution in [2.45, 2.75) is 13.1 Å². The van der Waals surface area contributed by atoms with Crippen LogP contribution in [-0.4, -0.2) is 15.9 Å². The van der Waals surface area contributed by atoms with Gasteiger partial charge in [-0.2, -0.15) is 0 Å². The quantitative estimate of drug-likeness (QED) is 0.497. The molecule has 144 valence electrons. The second kappa shape index (κ2) is 8.84. The number of carbonyl (C=O) groups excluding carboxylic acids is 1. The zero-order chi connectivity index (χ0) is 19.9. The van der Waals surface area contributed by atoms with Crippen molar-refractivity contribution in [3.8, 4) is 11.4 Å². The molecule has 1 amide bonds. The zero-order valence-corrected chi connectivity index (χ0v) is 15.7. The molecule has 4 aromatic rings. The number of rotatable bonds is 7. The maximum absolute atomic E-state index is 12.7. The fourth-order valence-electron chi connectivity index (χ4n) is 2.83. The van der Waals surface area contributed by atoms with Crippen molar-refractivity contribution in [1.29, 1.82) is 0 Å². The van der Waals surface area contributed by atoms with E-state index in [9.17, 15) is 4.79 Å². The third-order valence-corrected chi connectivity index (χ3v) is 4.31. The zero-order valence-electron chi connectivity index (χ0n) is 15.7. The summed E-state index contributed by atoms with van der Waals surface area (Å²) in [6.07, 6.45) is 1.57. The fraction of sp³-hybridized carbons (Fsp3) is 0.0870. The van der Waals surface area contributed by atoms with E-state index in [1.54, 1.807) is 18.4 Å². The lowest BCUT2D eigenvalue weighted by molar-refractivity contribution is 0.0943. The van der Waals surface area contributed by atoms with Crippen LogP contribution in [-0.2, 0) is 13.1 Å². The van der Waals surface area contributed by atoms with E-state index in [1.807, 2.05) is 66.7 Å². The maximum Gasteiger partial charge on any atom is 0.270 e. The molecule has 0 spiro atoms. The van der Waals surface area contributed by atoms with E-state index in [1.165, 1.54) is 0 Å². The molecular weight excluding hydrogens is 364 g/mol. The highest BCUT2D eigenvalue weighted by atomic mass is 16.3. The van der Waals surface area contributed by atoms with Gasteiger partial charge in [0.15, 0.2) is 5.82 Å². The lowest BCUT2D eigenvalue weighted by Gasteiger charge is -2.10. The number of aromatic nitrogens is 2. The highest BCUT2D eigenvalue weighted by molar-refractivity contribution is 5.93. The molecule has 0 aliphatic heterocycles. The van der Waals surface area contributed by atoms with Crippen LogP contribution in [0.5, 0.6) is 0 Å². The first-order chi connectivity index (χ1) is 14.3. The minimum Gasteiger partial charge on any atom is -0.467 e. The number of hydrogen-bond acceptors (Lipinski definition) is 5. The molecule has 0 saturated heterocycles. The SMILES string of the molecule is O=C(NCc1ccco1)c1cc(NCc2ccccc2)nc(-c2ccccc2)n1. The average Bonchev–Trinajstić information content (AvgIpc) is 3.31. The van der Waals surface area contributed by atoms with Crippen LogP contribution in [0.15, 0.2) is 89.5 Å². The molecule has 29 heavy (non-hydrogen) atoms. The first kappa shape index (κ1) is 18.4. The average molecular weight is 384 g/mol. The van der Waals surface area contributed by atoms with Crippen LogP contribution in [0, 0.1) is 0 Å². The van der Waals surface area contributed by atoms with E-state index in [0.717, 1.165) is 11.1 Å². The molecule has 0 aliphatic carbocycles. The van der Waals surface area contributed by atoms with Crippen LogP contribution in [0.1, 0.15) is 21.8 Å². The molecule has 2 aromatic heterocycles. The Hall–Kier alpha value is -3.93. The van der Waals surface area contributed by atoms with Gasteiger partial charge in [-0.25, -0.2) is 9.97 Å². The number of carbonyl (C=O) groups is 1. The molecule has 2 aromatic carbocycles. The van der Waals surface area contributed by atoms with Crippen LogP contribution in [0.2, 0.25) is 0 Å². The first-order valence-electron chi connectivity index (χ1n) is 9.31. The van der Waals surface area contributed by atoms with Gasteiger partial charge < -0.3 is 15.1 Å². The summed E-state index contributed by atoms with van der Waals surface area (Å²) in [6.45, 7) is 0.892. The Bertz CT molecular complexity index is 1060. The summed E-state index contributed by atoms with van der Waals surface area (Å²) in [5, 5.41) is 6.12. The van der Waals surface area contributed by atoms with E-state index in [0.29, 0.717) is 36.2 Å². The third-order valence-electron chi connectivity index (χ3n) is 4.31. The van der Waals surface area contributed by atoms with E-state index in [4.69, 9.17) is 4.42 Å². The monoisotopic (exact) mass is 384 g/mol. The Morgan fingerprint density at radius 2 is 1.62 bits per heavy atom. The Kier molecular flexibility index (Phi) is 5.62. The number of nitrogens with zero attached hydrogens (tertiary/aromatic N) is 2. The third kappa shape index (κ3) is 4.87. The lowest BCUT2D eigenvalue weighted by Crippen LogP contribution is -2.24. The minimum absolute atomic E-state index is 0.288. The number of nitrogens with one attached hydrogen (secondary N) is 2. The molecule has 0 fully saturated rings. The van der Waals surface area contributed by atoms with Crippen LogP contribution in [0.3, 0.4) is 0 Å². The van der Waals surface area contributed by atoms with Gasteiger partial charge in [-0.3, -0.25) is 4.79 Å². The smallest absolute Gasteiger partial charge is 0.270 e. The number of anilines is 1. The van der Waals surface area contributed by atoms with Crippen molar-refractivity contribution >= 4 is 11.7 Å². The van der Waals surface area contributed by atoms with Crippen molar-refractivity contribution in [3.63, 3.8) is 0 Å². The molecule has 6 heteroatoms. The first-order valence-corrected chi connectivity index (χ1v) is 9.31. The normalized spacial score (nSPS) is 10.5. The van der Waals surface area contributed by atoms with Gasteiger partial charge in [0.25, 0.3) is 5.91 Å². The summed E-state index contributed by atoms with van der Waals surface area (Å²) in [6, 6.07) is 24.9. The second-order valence-electron chi connectivity index (χ2n) is 6.43. The van der Waals surface area contributed by atoms with Gasteiger partial charge in [-0.15, -0.1) is 0 Å². The van der Waals surface area contributed by atoms with Gasteiger partial charge in [0.05, 0.1) is 12.8 Å². The van der Waals surface area contributed by atoms with Gasteiger partial charge >= 0.3 is 0 Å². The highest BCUT2D eigenvalue weighted by Crippen LogP contribution is 2.18.